The van der Waals surface area contributed by atoms with Crippen molar-refractivity contribution >= 4 is 23.9 Å². The Labute approximate surface area is 151 Å². The molecular weight excluding hydrogens is 344 g/mol. The summed E-state index contributed by atoms with van der Waals surface area (Å²) in [5.74, 6) is -1.23. The van der Waals surface area contributed by atoms with Crippen LogP contribution in [0.3, 0.4) is 0 Å². The SMILES string of the molecule is O=C(O)O[C@@H]1CCCN1C(=O)CCCCCC(=O)N1CCC[C@@H]1C(=O)O. The predicted octanol–water partition coefficient (Wildman–Crippen LogP) is 1.66. The number of hydrogen-bond acceptors (Lipinski definition) is 5. The number of nitrogens with zero attached hydrogens (tertiary/aromatic N) is 2. The number of carboxylic acids is 1. The Bertz CT molecular complexity index is 551. The van der Waals surface area contributed by atoms with E-state index in [0.29, 0.717) is 51.6 Å². The molecule has 2 fully saturated rings. The largest absolute Gasteiger partial charge is 0.507 e. The lowest BCUT2D eigenvalue weighted by molar-refractivity contribution is -0.148. The van der Waals surface area contributed by atoms with E-state index in [9.17, 15) is 19.2 Å². The van der Waals surface area contributed by atoms with Crippen molar-refractivity contribution in [2.24, 2.45) is 0 Å². The Morgan fingerprint density at radius 2 is 1.42 bits per heavy atom. The summed E-state index contributed by atoms with van der Waals surface area (Å²) < 4.78 is 4.71. The van der Waals surface area contributed by atoms with Gasteiger partial charge in [-0.3, -0.25) is 9.59 Å². The van der Waals surface area contributed by atoms with Crippen LogP contribution < -0.4 is 0 Å². The number of rotatable bonds is 8. The molecule has 0 aromatic carbocycles. The van der Waals surface area contributed by atoms with Crippen molar-refractivity contribution in [3.63, 3.8) is 0 Å². The van der Waals surface area contributed by atoms with Gasteiger partial charge in [-0.1, -0.05) is 6.42 Å². The first-order valence-electron chi connectivity index (χ1n) is 9.11. The van der Waals surface area contributed by atoms with Gasteiger partial charge in [0.2, 0.25) is 11.8 Å². The van der Waals surface area contributed by atoms with Crippen LogP contribution in [-0.4, -0.2) is 69.3 Å². The van der Waals surface area contributed by atoms with Gasteiger partial charge in [0.25, 0.3) is 0 Å². The molecule has 2 atom stereocenters. The molecule has 2 N–H and O–H groups in total. The van der Waals surface area contributed by atoms with Gasteiger partial charge in [-0.25, -0.2) is 9.59 Å². The highest BCUT2D eigenvalue weighted by molar-refractivity contribution is 5.84. The first-order chi connectivity index (χ1) is 12.4. The number of likely N-dealkylation sites (tertiary alicyclic amines) is 2. The van der Waals surface area contributed by atoms with E-state index in [1.807, 2.05) is 0 Å². The summed E-state index contributed by atoms with van der Waals surface area (Å²) in [6.07, 6.45) is 2.85. The highest BCUT2D eigenvalue weighted by Gasteiger charge is 2.33. The van der Waals surface area contributed by atoms with Crippen LogP contribution in [0.25, 0.3) is 0 Å². The van der Waals surface area contributed by atoms with E-state index >= 15 is 0 Å². The Morgan fingerprint density at radius 3 is 2.04 bits per heavy atom. The zero-order chi connectivity index (χ0) is 19.1. The summed E-state index contributed by atoms with van der Waals surface area (Å²) >= 11 is 0. The van der Waals surface area contributed by atoms with Crippen molar-refractivity contribution in [2.45, 2.75) is 70.1 Å². The fourth-order valence-corrected chi connectivity index (χ4v) is 3.60. The summed E-state index contributed by atoms with van der Waals surface area (Å²) in [7, 11) is 0. The second-order valence-corrected chi connectivity index (χ2v) is 6.71. The van der Waals surface area contributed by atoms with Gasteiger partial charge in [-0.05, 0) is 32.1 Å². The van der Waals surface area contributed by atoms with E-state index in [4.69, 9.17) is 14.9 Å². The summed E-state index contributed by atoms with van der Waals surface area (Å²) in [6, 6.07) is -0.703. The molecule has 146 valence electrons. The van der Waals surface area contributed by atoms with Crippen LogP contribution in [0.4, 0.5) is 4.79 Å². The van der Waals surface area contributed by atoms with Gasteiger partial charge in [0, 0.05) is 32.4 Å². The number of amides is 2. The molecule has 0 aromatic heterocycles. The Balaban J connectivity index is 1.64. The van der Waals surface area contributed by atoms with Gasteiger partial charge in [-0.15, -0.1) is 0 Å². The van der Waals surface area contributed by atoms with Gasteiger partial charge in [0.05, 0.1) is 0 Å². The van der Waals surface area contributed by atoms with Crippen LogP contribution in [0.2, 0.25) is 0 Å². The van der Waals surface area contributed by atoms with E-state index in [0.717, 1.165) is 6.42 Å². The lowest BCUT2D eigenvalue weighted by Crippen LogP contribution is -2.40. The zero-order valence-electron chi connectivity index (χ0n) is 14.8. The second kappa shape index (κ2) is 9.40. The minimum Gasteiger partial charge on any atom is -0.480 e. The van der Waals surface area contributed by atoms with Crippen molar-refractivity contribution in [1.82, 2.24) is 9.80 Å². The molecule has 26 heavy (non-hydrogen) atoms. The van der Waals surface area contributed by atoms with Crippen molar-refractivity contribution in [3.05, 3.63) is 0 Å². The number of ether oxygens (including phenoxy) is 1. The molecule has 0 saturated carbocycles. The van der Waals surface area contributed by atoms with Crippen molar-refractivity contribution < 1.29 is 34.1 Å². The molecule has 0 aromatic rings. The molecular formula is C17H26N2O7. The van der Waals surface area contributed by atoms with Crippen molar-refractivity contribution in [1.29, 1.82) is 0 Å². The molecule has 9 heteroatoms. The molecule has 0 bridgehead atoms. The van der Waals surface area contributed by atoms with Crippen LogP contribution >= 0.6 is 0 Å². The summed E-state index contributed by atoms with van der Waals surface area (Å²) in [5.41, 5.74) is 0. The first kappa shape index (κ1) is 20.0. The number of aliphatic carboxylic acids is 1. The second-order valence-electron chi connectivity index (χ2n) is 6.71. The molecule has 0 aliphatic carbocycles. The third-order valence-electron chi connectivity index (χ3n) is 4.89. The molecule has 2 amide bonds. The average molecular weight is 370 g/mol. The lowest BCUT2D eigenvalue weighted by Gasteiger charge is -2.23. The normalized spacial score (nSPS) is 22.5. The number of carboxylic acid groups (broad SMARTS) is 2. The minimum atomic E-state index is -1.38. The van der Waals surface area contributed by atoms with E-state index < -0.39 is 24.4 Å². The van der Waals surface area contributed by atoms with Crippen molar-refractivity contribution in [3.8, 4) is 0 Å². The van der Waals surface area contributed by atoms with Gasteiger partial charge >= 0.3 is 12.1 Å². The fraction of sp³-hybridized carbons (Fsp3) is 0.765. The Kier molecular flexibility index (Phi) is 7.23. The lowest BCUT2D eigenvalue weighted by atomic mass is 10.1. The molecule has 2 saturated heterocycles. The quantitative estimate of drug-likeness (QED) is 0.492. The maximum absolute atomic E-state index is 12.2. The highest BCUT2D eigenvalue weighted by atomic mass is 16.7. The Hall–Kier alpha value is -2.32. The first-order valence-corrected chi connectivity index (χ1v) is 9.11. The van der Waals surface area contributed by atoms with Crippen LogP contribution in [0.1, 0.15) is 57.8 Å². The number of unbranched alkanes of at least 4 members (excludes halogenated alkanes) is 2. The molecule has 2 aliphatic rings. The van der Waals surface area contributed by atoms with Gasteiger partial charge in [0.1, 0.15) is 6.04 Å². The van der Waals surface area contributed by atoms with Gasteiger partial charge in [-0.2, -0.15) is 0 Å². The predicted molar refractivity (Wildman–Crippen MR) is 89.3 cm³/mol. The average Bonchev–Trinajstić information content (AvgIpc) is 3.22. The molecule has 0 spiro atoms. The van der Waals surface area contributed by atoms with Crippen LogP contribution in [0.15, 0.2) is 0 Å². The smallest absolute Gasteiger partial charge is 0.480 e. The van der Waals surface area contributed by atoms with E-state index in [1.54, 1.807) is 0 Å². The molecule has 0 radical (unpaired) electrons. The summed E-state index contributed by atoms with van der Waals surface area (Å²) in [4.78, 5) is 48.9. The van der Waals surface area contributed by atoms with Gasteiger partial charge < -0.3 is 24.7 Å². The molecule has 2 rings (SSSR count). The highest BCUT2D eigenvalue weighted by Crippen LogP contribution is 2.21. The maximum atomic E-state index is 12.2. The van der Waals surface area contributed by atoms with Crippen molar-refractivity contribution in [2.75, 3.05) is 13.1 Å². The van der Waals surface area contributed by atoms with E-state index in [-0.39, 0.29) is 24.7 Å². The van der Waals surface area contributed by atoms with Crippen LogP contribution in [-0.2, 0) is 19.1 Å². The molecule has 9 nitrogen and oxygen atoms in total. The van der Waals surface area contributed by atoms with Crippen LogP contribution in [0.5, 0.6) is 0 Å². The minimum absolute atomic E-state index is 0.134. The maximum Gasteiger partial charge on any atom is 0.507 e. The summed E-state index contributed by atoms with van der Waals surface area (Å²) in [6.45, 7) is 0.995. The Morgan fingerprint density at radius 1 is 0.846 bits per heavy atom. The molecule has 0 unspecified atom stereocenters. The summed E-state index contributed by atoms with van der Waals surface area (Å²) in [5, 5.41) is 17.8. The standard InChI is InChI=1S/C17H26N2O7/c20-13(18-10-4-6-12(18)16(22)23)7-2-1-3-8-14(21)19-11-5-9-15(19)26-17(24)25/h12,15H,1-11H2,(H,22,23)(H,24,25)/t12-,15-/m1/s1. The van der Waals surface area contributed by atoms with Crippen LogP contribution in [0, 0.1) is 0 Å². The third-order valence-corrected chi connectivity index (χ3v) is 4.89. The number of carbonyl (C=O) groups is 4. The molecule has 2 heterocycles. The van der Waals surface area contributed by atoms with E-state index in [2.05, 4.69) is 0 Å². The zero-order valence-corrected chi connectivity index (χ0v) is 14.8. The third kappa shape index (κ3) is 5.34. The van der Waals surface area contributed by atoms with Gasteiger partial charge in [0.15, 0.2) is 6.23 Å². The fourth-order valence-electron chi connectivity index (χ4n) is 3.60. The van der Waals surface area contributed by atoms with E-state index in [1.165, 1.54) is 9.80 Å². The topological polar surface area (TPSA) is 124 Å². The number of hydrogen-bond donors (Lipinski definition) is 2. The monoisotopic (exact) mass is 370 g/mol. The number of carbonyl (C=O) groups excluding carboxylic acids is 2. The molecule has 2 aliphatic heterocycles.